The first-order valence-electron chi connectivity index (χ1n) is 6.97. The van der Waals surface area contributed by atoms with Gasteiger partial charge in [-0.3, -0.25) is 0 Å². The van der Waals surface area contributed by atoms with E-state index in [-0.39, 0.29) is 0 Å². The van der Waals surface area contributed by atoms with Crippen LogP contribution in [0.3, 0.4) is 0 Å². The summed E-state index contributed by atoms with van der Waals surface area (Å²) in [5.74, 6) is 6.29. The number of unbranched alkanes of at least 4 members (excludes halogenated alkanes) is 4. The Hall–Kier alpha value is 0.467. The van der Waals surface area contributed by atoms with Gasteiger partial charge < -0.3 is 4.43 Å². The summed E-state index contributed by atoms with van der Waals surface area (Å²) < 4.78 is 7.11. The van der Waals surface area contributed by atoms with Gasteiger partial charge in [0.1, 0.15) is 0 Å². The van der Waals surface area contributed by atoms with E-state index in [9.17, 15) is 0 Å². The number of hydrogen-bond donors (Lipinski definition) is 0. The van der Waals surface area contributed by atoms with Crippen molar-refractivity contribution in [2.45, 2.75) is 71.0 Å². The second-order valence-electron chi connectivity index (χ2n) is 6.26. The van der Waals surface area contributed by atoms with Crippen molar-refractivity contribution in [2.24, 2.45) is 0 Å². The normalized spacial score (nSPS) is 12.1. The fraction of sp³-hybridized carbons (Fsp3) is 0.867. The molecule has 0 aliphatic carbocycles. The van der Waals surface area contributed by atoms with E-state index in [4.69, 9.17) is 4.43 Å². The van der Waals surface area contributed by atoms with E-state index in [0.29, 0.717) is 5.04 Å². The molecule has 18 heavy (non-hydrogen) atoms. The summed E-state index contributed by atoms with van der Waals surface area (Å²) in [6.07, 6.45) is 6.07. The molecule has 0 radical (unpaired) electrons. The van der Waals surface area contributed by atoms with Gasteiger partial charge in [0.25, 0.3) is 0 Å². The van der Waals surface area contributed by atoms with Crippen LogP contribution in [0.1, 0.15) is 52.9 Å². The Bertz CT molecular complexity index is 270. The van der Waals surface area contributed by atoms with Crippen LogP contribution in [0.25, 0.3) is 0 Å². The number of alkyl halides is 1. The van der Waals surface area contributed by atoms with Crippen molar-refractivity contribution in [1.82, 2.24) is 0 Å². The lowest BCUT2D eigenvalue weighted by molar-refractivity contribution is 0.277. The first-order valence-corrected chi connectivity index (χ1v) is 11.4. The maximum absolute atomic E-state index is 6.15. The molecule has 106 valence electrons. The Morgan fingerprint density at radius 3 is 2.17 bits per heavy atom. The minimum atomic E-state index is -1.51. The molecule has 0 amide bonds. The summed E-state index contributed by atoms with van der Waals surface area (Å²) in [6.45, 7) is 12.5. The van der Waals surface area contributed by atoms with Gasteiger partial charge in [-0.05, 0) is 31.0 Å². The standard InChI is InChI=1S/C15H29IOSi/c1-15(2,3)18(4,5)17-14-12-10-8-6-7-9-11-13-16/h6-8,10,12-14H2,1-5H3. The maximum atomic E-state index is 6.15. The van der Waals surface area contributed by atoms with Crippen molar-refractivity contribution in [2.75, 3.05) is 11.0 Å². The topological polar surface area (TPSA) is 9.23 Å². The number of rotatable bonds is 7. The SMILES string of the molecule is CC(C)(C)[Si](C)(C)OCCCCCCC#CCI. The van der Waals surface area contributed by atoms with Gasteiger partial charge in [-0.2, -0.15) is 0 Å². The third-order valence-corrected chi connectivity index (χ3v) is 8.58. The lowest BCUT2D eigenvalue weighted by Crippen LogP contribution is -2.40. The Morgan fingerprint density at radius 1 is 1.00 bits per heavy atom. The average Bonchev–Trinajstić information content (AvgIpc) is 2.25. The minimum absolute atomic E-state index is 0.335. The third kappa shape index (κ3) is 8.55. The van der Waals surface area contributed by atoms with E-state index >= 15 is 0 Å². The first-order chi connectivity index (χ1) is 8.31. The highest BCUT2D eigenvalue weighted by Gasteiger charge is 2.36. The van der Waals surface area contributed by atoms with E-state index in [1.807, 2.05) is 0 Å². The molecule has 0 bridgehead atoms. The van der Waals surface area contributed by atoms with Gasteiger partial charge >= 0.3 is 0 Å². The van der Waals surface area contributed by atoms with Crippen molar-refractivity contribution in [3.8, 4) is 11.8 Å². The van der Waals surface area contributed by atoms with Crippen molar-refractivity contribution in [1.29, 1.82) is 0 Å². The first kappa shape index (κ1) is 18.5. The van der Waals surface area contributed by atoms with Gasteiger partial charge in [0.05, 0.1) is 4.43 Å². The van der Waals surface area contributed by atoms with Crippen molar-refractivity contribution < 1.29 is 4.43 Å². The van der Waals surface area contributed by atoms with Crippen LogP contribution < -0.4 is 0 Å². The molecular weight excluding hydrogens is 351 g/mol. The van der Waals surface area contributed by atoms with Gasteiger partial charge in [-0.15, -0.1) is 5.92 Å². The Morgan fingerprint density at radius 2 is 1.61 bits per heavy atom. The molecule has 0 saturated carbocycles. The molecule has 0 aliphatic rings. The summed E-state index contributed by atoms with van der Waals surface area (Å²) in [4.78, 5) is 0. The van der Waals surface area contributed by atoms with Crippen molar-refractivity contribution >= 4 is 30.9 Å². The molecule has 0 aliphatic heterocycles. The van der Waals surface area contributed by atoms with Gasteiger partial charge in [0, 0.05) is 13.0 Å². The van der Waals surface area contributed by atoms with Crippen LogP contribution >= 0.6 is 22.6 Å². The van der Waals surface area contributed by atoms with E-state index < -0.39 is 8.32 Å². The molecule has 0 aromatic heterocycles. The van der Waals surface area contributed by atoms with Crippen LogP contribution in [0, 0.1) is 11.8 Å². The molecule has 0 rings (SSSR count). The minimum Gasteiger partial charge on any atom is -0.417 e. The van der Waals surface area contributed by atoms with Crippen LogP contribution in [0.2, 0.25) is 18.1 Å². The Balaban J connectivity index is 3.52. The highest BCUT2D eigenvalue weighted by molar-refractivity contribution is 14.1. The summed E-state index contributed by atoms with van der Waals surface area (Å²) in [5.41, 5.74) is 0. The number of halogens is 1. The monoisotopic (exact) mass is 380 g/mol. The molecular formula is C15H29IOSi. The molecule has 0 unspecified atom stereocenters. The zero-order valence-electron chi connectivity index (χ0n) is 12.7. The van der Waals surface area contributed by atoms with Gasteiger partial charge in [0.2, 0.25) is 0 Å². The predicted molar refractivity (Wildman–Crippen MR) is 92.9 cm³/mol. The maximum Gasteiger partial charge on any atom is 0.191 e. The van der Waals surface area contributed by atoms with Crippen LogP contribution in [-0.2, 0) is 4.43 Å². The number of hydrogen-bond acceptors (Lipinski definition) is 1. The quantitative estimate of drug-likeness (QED) is 0.189. The summed E-state index contributed by atoms with van der Waals surface area (Å²) >= 11 is 2.29. The second kappa shape index (κ2) is 9.38. The van der Waals surface area contributed by atoms with Crippen LogP contribution in [0.5, 0.6) is 0 Å². The molecule has 3 heteroatoms. The average molecular weight is 380 g/mol. The van der Waals surface area contributed by atoms with E-state index in [1.165, 1.54) is 25.7 Å². The summed E-state index contributed by atoms with van der Waals surface area (Å²) in [7, 11) is -1.51. The summed E-state index contributed by atoms with van der Waals surface area (Å²) in [6, 6.07) is 0. The Labute approximate surface area is 129 Å². The molecule has 0 saturated heterocycles. The largest absolute Gasteiger partial charge is 0.417 e. The van der Waals surface area contributed by atoms with Gasteiger partial charge in [-0.1, -0.05) is 62.1 Å². The van der Waals surface area contributed by atoms with E-state index in [1.54, 1.807) is 0 Å². The third-order valence-electron chi connectivity index (χ3n) is 3.66. The van der Waals surface area contributed by atoms with E-state index in [0.717, 1.165) is 17.5 Å². The van der Waals surface area contributed by atoms with Crippen molar-refractivity contribution in [3.05, 3.63) is 0 Å². The van der Waals surface area contributed by atoms with Crippen molar-refractivity contribution in [3.63, 3.8) is 0 Å². The fourth-order valence-corrected chi connectivity index (χ4v) is 2.71. The fourth-order valence-electron chi connectivity index (χ4n) is 1.35. The van der Waals surface area contributed by atoms with E-state index in [2.05, 4.69) is 68.3 Å². The second-order valence-corrected chi connectivity index (χ2v) is 11.8. The Kier molecular flexibility index (Phi) is 9.63. The molecule has 0 spiro atoms. The molecule has 0 aromatic rings. The molecule has 0 N–H and O–H groups in total. The molecule has 0 fully saturated rings. The molecule has 0 heterocycles. The van der Waals surface area contributed by atoms with Gasteiger partial charge in [-0.25, -0.2) is 0 Å². The lowest BCUT2D eigenvalue weighted by atomic mass is 10.1. The zero-order valence-corrected chi connectivity index (χ0v) is 15.9. The predicted octanol–water partition coefficient (Wildman–Crippen LogP) is 5.40. The molecule has 1 nitrogen and oxygen atoms in total. The van der Waals surface area contributed by atoms with Crippen LogP contribution in [0.4, 0.5) is 0 Å². The highest BCUT2D eigenvalue weighted by atomic mass is 127. The lowest BCUT2D eigenvalue weighted by Gasteiger charge is -2.36. The highest BCUT2D eigenvalue weighted by Crippen LogP contribution is 2.36. The van der Waals surface area contributed by atoms with Gasteiger partial charge in [0.15, 0.2) is 8.32 Å². The molecule has 0 aromatic carbocycles. The summed E-state index contributed by atoms with van der Waals surface area (Å²) in [5, 5.41) is 0.335. The van der Waals surface area contributed by atoms with Crippen LogP contribution in [-0.4, -0.2) is 19.4 Å². The molecule has 0 atom stereocenters. The van der Waals surface area contributed by atoms with Crippen LogP contribution in [0.15, 0.2) is 0 Å². The zero-order chi connectivity index (χ0) is 14.1. The smallest absolute Gasteiger partial charge is 0.191 e.